The van der Waals surface area contributed by atoms with E-state index in [1.54, 1.807) is 6.07 Å². The maximum Gasteiger partial charge on any atom is 0.339 e. The molecule has 12 fully saturated rings. The summed E-state index contributed by atoms with van der Waals surface area (Å²) in [4.78, 5) is 0.164. The van der Waals surface area contributed by atoms with Crippen molar-refractivity contribution in [3.8, 4) is 5.75 Å². The minimum Gasteiger partial charge on any atom is -0.377 e. The van der Waals surface area contributed by atoms with Gasteiger partial charge in [0.2, 0.25) is 0 Å². The smallest absolute Gasteiger partial charge is 0.339 e. The third-order valence-electron chi connectivity index (χ3n) is 16.7. The van der Waals surface area contributed by atoms with E-state index in [1.807, 2.05) is 45.2 Å². The Labute approximate surface area is 356 Å². The molecule has 0 heterocycles. The molecule has 2 aromatic carbocycles. The van der Waals surface area contributed by atoms with Crippen LogP contribution in [-0.4, -0.2) is 21.4 Å². The fraction of sp³-hybridized carbons (Fsp3) is 0.714. The third kappa shape index (κ3) is 5.70. The summed E-state index contributed by atoms with van der Waals surface area (Å²) in [5.74, 6) is 6.30. The molecule has 53 heavy (non-hydrogen) atoms. The minimum atomic E-state index is -4.62. The van der Waals surface area contributed by atoms with Crippen LogP contribution in [0.3, 0.4) is 0 Å². The molecule has 0 unspecified atom stereocenters. The molecular weight excluding hydrogens is 1050 g/mol. The summed E-state index contributed by atoms with van der Waals surface area (Å²) in [5.41, 5.74) is 3.38. The lowest BCUT2D eigenvalue weighted by atomic mass is 9.45. The van der Waals surface area contributed by atoms with Crippen LogP contribution in [0.25, 0.3) is 0 Å². The molecule has 12 aliphatic carbocycles. The Bertz CT molecular complexity index is 1990. The first-order valence-corrected chi connectivity index (χ1v) is 26.5. The highest BCUT2D eigenvalue weighted by Gasteiger charge is 2.59. The van der Waals surface area contributed by atoms with Gasteiger partial charge in [-0.05, 0) is 276 Å². The largest absolute Gasteiger partial charge is 0.377 e. The van der Waals surface area contributed by atoms with E-state index in [1.165, 1.54) is 82.6 Å². The number of halogens is 3. The van der Waals surface area contributed by atoms with Gasteiger partial charge in [0.05, 0.1) is 7.14 Å². The third-order valence-corrected chi connectivity index (χ3v) is 22.4. The molecule has 1 N–H and O–H groups in total. The Morgan fingerprint density at radius 2 is 0.849 bits per heavy atom. The van der Waals surface area contributed by atoms with Crippen LogP contribution in [-0.2, 0) is 36.5 Å². The van der Waals surface area contributed by atoms with Gasteiger partial charge >= 0.3 is 10.1 Å². The van der Waals surface area contributed by atoms with Crippen LogP contribution in [0.1, 0.15) is 132 Å². The fourth-order valence-corrected chi connectivity index (χ4v) is 24.1. The standard InChI is InChI=1S/C42H49I3O6S2/c43-34-12-35(44)39(52(46,47)48)36(45)37(34)51-53(49,50)38-32(41-16-25-4-26(17-41)6-27(5-25)18-41)10-31(40-13-22-1-23(14-40)3-24(2-22)15-40)11-33(38)42-19-28-7-29(20-42)9-30(8-28)21-42/h10-12,22-30H,1-9,13-21H2,(H,46,47,48). The number of hydrogen-bond donors (Lipinski definition) is 1. The van der Waals surface area contributed by atoms with Gasteiger partial charge in [-0.1, -0.05) is 12.1 Å². The van der Waals surface area contributed by atoms with Gasteiger partial charge in [-0.2, -0.15) is 16.8 Å². The first-order chi connectivity index (χ1) is 25.1. The van der Waals surface area contributed by atoms with Gasteiger partial charge in [-0.25, -0.2) is 0 Å². The minimum absolute atomic E-state index is 0.0114. The summed E-state index contributed by atoms with van der Waals surface area (Å²) in [6.45, 7) is 0. The lowest BCUT2D eigenvalue weighted by Crippen LogP contribution is -2.52. The first kappa shape index (κ1) is 36.4. The van der Waals surface area contributed by atoms with Crippen molar-refractivity contribution < 1.29 is 25.6 Å². The molecule has 0 radical (unpaired) electrons. The predicted molar refractivity (Wildman–Crippen MR) is 228 cm³/mol. The second-order valence-corrected chi connectivity index (χ2v) is 26.6. The molecule has 11 heteroatoms. The fourth-order valence-electron chi connectivity index (χ4n) is 16.4. The van der Waals surface area contributed by atoms with Crippen molar-refractivity contribution in [1.82, 2.24) is 0 Å². The maximum atomic E-state index is 15.7. The highest BCUT2D eigenvalue weighted by molar-refractivity contribution is 14.1. The molecule has 12 aliphatic rings. The van der Waals surface area contributed by atoms with E-state index in [9.17, 15) is 13.0 Å². The van der Waals surface area contributed by atoms with Gasteiger partial charge in [-0.3, -0.25) is 4.55 Å². The Hall–Kier alpha value is 0.290. The van der Waals surface area contributed by atoms with E-state index >= 15 is 8.42 Å². The van der Waals surface area contributed by atoms with Gasteiger partial charge in [0.25, 0.3) is 10.1 Å². The van der Waals surface area contributed by atoms with E-state index in [-0.39, 0.29) is 30.5 Å². The van der Waals surface area contributed by atoms with Crippen LogP contribution in [0.15, 0.2) is 28.0 Å². The second kappa shape index (κ2) is 12.2. The van der Waals surface area contributed by atoms with Crippen molar-refractivity contribution >= 4 is 88.0 Å². The summed E-state index contributed by atoms with van der Waals surface area (Å²) in [5, 5.41) is 0. The van der Waals surface area contributed by atoms with Crippen molar-refractivity contribution in [2.24, 2.45) is 53.3 Å². The lowest BCUT2D eigenvalue weighted by molar-refractivity contribution is -0.0138. The van der Waals surface area contributed by atoms with Gasteiger partial charge in [-0.15, -0.1) is 0 Å². The molecule has 286 valence electrons. The topological polar surface area (TPSA) is 97.7 Å². The number of hydrogen-bond acceptors (Lipinski definition) is 5. The second-order valence-electron chi connectivity index (χ2n) is 20.3. The lowest BCUT2D eigenvalue weighted by Gasteiger charge is -2.60. The van der Waals surface area contributed by atoms with Crippen molar-refractivity contribution in [3.63, 3.8) is 0 Å². The molecule has 2 aromatic rings. The highest BCUT2D eigenvalue weighted by Crippen LogP contribution is 2.67. The van der Waals surface area contributed by atoms with Gasteiger partial charge in [0.1, 0.15) is 9.79 Å². The maximum absolute atomic E-state index is 15.7. The SMILES string of the molecule is O=S(=O)(O)c1c(I)cc(I)c(OS(=O)(=O)c2c(C34CC5CC(CC(C5)C3)C4)cc(C34CC5CC(CC(C5)C3)C4)cc2C23CC4CC(CC(C4)C2)C3)c1I. The van der Waals surface area contributed by atoms with E-state index in [4.69, 9.17) is 4.18 Å². The van der Waals surface area contributed by atoms with Crippen molar-refractivity contribution in [1.29, 1.82) is 0 Å². The number of benzene rings is 2. The van der Waals surface area contributed by atoms with Crippen LogP contribution in [0.2, 0.25) is 0 Å². The highest BCUT2D eigenvalue weighted by atomic mass is 127. The summed E-state index contributed by atoms with van der Waals surface area (Å²) in [7, 11) is -9.07. The molecular formula is C42H49I3O6S2. The van der Waals surface area contributed by atoms with Crippen molar-refractivity contribution in [2.45, 2.75) is 142 Å². The monoisotopic (exact) mass is 1090 g/mol. The first-order valence-electron chi connectivity index (χ1n) is 20.4. The van der Waals surface area contributed by atoms with Crippen molar-refractivity contribution in [3.05, 3.63) is 45.6 Å². The normalized spacial score (nSPS) is 43.2. The Morgan fingerprint density at radius 3 is 1.19 bits per heavy atom. The molecule has 14 rings (SSSR count). The van der Waals surface area contributed by atoms with Crippen LogP contribution in [0, 0.1) is 64.0 Å². The Kier molecular flexibility index (Phi) is 8.36. The Balaban J connectivity index is 1.17. The summed E-state index contributed by atoms with van der Waals surface area (Å²) >= 11 is 5.82. The molecule has 0 aromatic heterocycles. The molecule has 0 saturated heterocycles. The van der Waals surface area contributed by atoms with Gasteiger partial charge in [0.15, 0.2) is 5.75 Å². The summed E-state index contributed by atoms with van der Waals surface area (Å²) in [6, 6.07) is 6.54. The Morgan fingerprint density at radius 1 is 0.509 bits per heavy atom. The van der Waals surface area contributed by atoms with Crippen LogP contribution in [0.4, 0.5) is 0 Å². The van der Waals surface area contributed by atoms with Crippen LogP contribution < -0.4 is 4.18 Å². The molecule has 12 bridgehead atoms. The molecule has 0 atom stereocenters. The molecule has 0 spiro atoms. The van der Waals surface area contributed by atoms with Gasteiger partial charge < -0.3 is 4.18 Å². The van der Waals surface area contributed by atoms with E-state index < -0.39 is 20.2 Å². The average molecular weight is 1090 g/mol. The molecule has 6 nitrogen and oxygen atoms in total. The van der Waals surface area contributed by atoms with Gasteiger partial charge in [0, 0.05) is 3.57 Å². The zero-order valence-corrected chi connectivity index (χ0v) is 38.2. The molecule has 0 amide bonds. The summed E-state index contributed by atoms with van der Waals surface area (Å²) in [6.07, 6.45) is 22.0. The molecule has 12 saturated carbocycles. The zero-order valence-electron chi connectivity index (χ0n) is 30.1. The van der Waals surface area contributed by atoms with Crippen molar-refractivity contribution in [2.75, 3.05) is 0 Å². The van der Waals surface area contributed by atoms with Crippen LogP contribution >= 0.6 is 67.8 Å². The number of rotatable bonds is 7. The zero-order chi connectivity index (χ0) is 36.4. The quantitative estimate of drug-likeness (QED) is 0.169. The van der Waals surface area contributed by atoms with E-state index in [0.717, 1.165) is 67.4 Å². The average Bonchev–Trinajstić information content (AvgIpc) is 3.03. The predicted octanol–water partition coefficient (Wildman–Crippen LogP) is 10.9. The molecule has 0 aliphatic heterocycles. The van der Waals surface area contributed by atoms with E-state index in [0.29, 0.717) is 47.5 Å². The summed E-state index contributed by atoms with van der Waals surface area (Å²) < 4.78 is 74.3. The van der Waals surface area contributed by atoms with E-state index in [2.05, 4.69) is 34.7 Å². The van der Waals surface area contributed by atoms with Crippen LogP contribution in [0.5, 0.6) is 5.75 Å².